The lowest BCUT2D eigenvalue weighted by molar-refractivity contribution is -0.119. The lowest BCUT2D eigenvalue weighted by atomic mass is 10.1. The summed E-state index contributed by atoms with van der Waals surface area (Å²) in [6, 6.07) is 9.53. The second kappa shape index (κ2) is 10.2. The topological polar surface area (TPSA) is 89.5 Å². The highest BCUT2D eigenvalue weighted by Gasteiger charge is 2.11. The number of carbonyl (C=O) groups excluding carboxylic acids is 2. The molecule has 0 radical (unpaired) electrons. The first-order valence-electron chi connectivity index (χ1n) is 9.27. The van der Waals surface area contributed by atoms with Crippen molar-refractivity contribution in [2.75, 3.05) is 19.5 Å². The zero-order chi connectivity index (χ0) is 21.5. The molecule has 7 nitrogen and oxygen atoms in total. The number of anilines is 1. The minimum absolute atomic E-state index is 0.0593. The molecule has 0 saturated heterocycles. The molecule has 0 saturated carbocycles. The number of thiophene rings is 1. The van der Waals surface area contributed by atoms with Gasteiger partial charge in [0.25, 0.3) is 0 Å². The summed E-state index contributed by atoms with van der Waals surface area (Å²) in [4.78, 5) is 29.9. The molecule has 0 aliphatic heterocycles. The molecule has 0 bridgehead atoms. The molecule has 0 spiro atoms. The first kappa shape index (κ1) is 21.8. The number of amides is 2. The van der Waals surface area contributed by atoms with Gasteiger partial charge in [-0.2, -0.15) is 0 Å². The number of methoxy groups -OCH3 is 2. The summed E-state index contributed by atoms with van der Waals surface area (Å²) in [5.74, 6) is 1.23. The Morgan fingerprint density at radius 3 is 2.50 bits per heavy atom. The third kappa shape index (κ3) is 6.04. The molecule has 3 rings (SSSR count). The molecular weight excluding hydrogens is 422 g/mol. The number of carbonyl (C=O) groups is 2. The molecule has 0 atom stereocenters. The lowest BCUT2D eigenvalue weighted by Gasteiger charge is -2.08. The SMILES string of the molecule is COc1cc(CCC(=O)Nc2nc(-c3ccc(CNC(C)=O)s3)cs2)cc(OC)c1. The number of ether oxygens (including phenoxy) is 2. The molecule has 9 heteroatoms. The molecule has 2 N–H and O–H groups in total. The van der Waals surface area contributed by atoms with Gasteiger partial charge in [-0.25, -0.2) is 4.98 Å². The maximum Gasteiger partial charge on any atom is 0.226 e. The second-order valence-corrected chi connectivity index (χ2v) is 8.51. The first-order valence-corrected chi connectivity index (χ1v) is 11.0. The third-order valence-corrected chi connectivity index (χ3v) is 6.09. The highest BCUT2D eigenvalue weighted by molar-refractivity contribution is 7.17. The van der Waals surface area contributed by atoms with Crippen LogP contribution in [-0.2, 0) is 22.6 Å². The molecule has 2 aromatic heterocycles. The van der Waals surface area contributed by atoms with Crippen molar-refractivity contribution < 1.29 is 19.1 Å². The highest BCUT2D eigenvalue weighted by atomic mass is 32.1. The molecular formula is C21H23N3O4S2. The number of benzene rings is 1. The van der Waals surface area contributed by atoms with Crippen molar-refractivity contribution in [3.05, 3.63) is 46.2 Å². The maximum absolute atomic E-state index is 12.3. The van der Waals surface area contributed by atoms with Crippen LogP contribution in [0.2, 0.25) is 0 Å². The minimum Gasteiger partial charge on any atom is -0.497 e. The van der Waals surface area contributed by atoms with E-state index in [1.54, 1.807) is 31.6 Å². The summed E-state index contributed by atoms with van der Waals surface area (Å²) >= 11 is 2.96. The molecule has 0 unspecified atom stereocenters. The Labute approximate surface area is 183 Å². The molecule has 2 heterocycles. The summed E-state index contributed by atoms with van der Waals surface area (Å²) in [6.45, 7) is 2.00. The van der Waals surface area contributed by atoms with Crippen LogP contribution in [0, 0.1) is 0 Å². The average molecular weight is 446 g/mol. The molecule has 158 valence electrons. The van der Waals surface area contributed by atoms with Gasteiger partial charge in [0.2, 0.25) is 11.8 Å². The zero-order valence-electron chi connectivity index (χ0n) is 17.0. The van der Waals surface area contributed by atoms with Crippen molar-refractivity contribution in [3.63, 3.8) is 0 Å². The van der Waals surface area contributed by atoms with Gasteiger partial charge in [-0.05, 0) is 36.2 Å². The highest BCUT2D eigenvalue weighted by Crippen LogP contribution is 2.31. The van der Waals surface area contributed by atoms with E-state index in [1.807, 2.05) is 29.6 Å². The fraction of sp³-hybridized carbons (Fsp3) is 0.286. The number of thiazole rings is 1. The first-order chi connectivity index (χ1) is 14.5. The Kier molecular flexibility index (Phi) is 7.42. The summed E-state index contributed by atoms with van der Waals surface area (Å²) in [5, 5.41) is 8.12. The molecule has 0 aliphatic carbocycles. The van der Waals surface area contributed by atoms with E-state index in [4.69, 9.17) is 9.47 Å². The number of rotatable bonds is 9. The fourth-order valence-electron chi connectivity index (χ4n) is 2.72. The van der Waals surface area contributed by atoms with Crippen LogP contribution < -0.4 is 20.1 Å². The number of hydrogen-bond acceptors (Lipinski definition) is 7. The maximum atomic E-state index is 12.3. The van der Waals surface area contributed by atoms with Gasteiger partial charge >= 0.3 is 0 Å². The molecule has 0 aliphatic rings. The number of hydrogen-bond donors (Lipinski definition) is 2. The Bertz CT molecular complexity index is 1010. The van der Waals surface area contributed by atoms with E-state index in [9.17, 15) is 9.59 Å². The van der Waals surface area contributed by atoms with Gasteiger partial charge in [-0.3, -0.25) is 9.59 Å². The van der Waals surface area contributed by atoms with Crippen molar-refractivity contribution in [3.8, 4) is 22.1 Å². The van der Waals surface area contributed by atoms with E-state index in [-0.39, 0.29) is 11.8 Å². The van der Waals surface area contributed by atoms with Crippen LogP contribution in [0.1, 0.15) is 23.8 Å². The van der Waals surface area contributed by atoms with Gasteiger partial charge in [0.15, 0.2) is 5.13 Å². The number of aromatic nitrogens is 1. The van der Waals surface area contributed by atoms with Crippen molar-refractivity contribution in [2.45, 2.75) is 26.3 Å². The Balaban J connectivity index is 1.56. The van der Waals surface area contributed by atoms with Gasteiger partial charge < -0.3 is 20.1 Å². The van der Waals surface area contributed by atoms with Crippen molar-refractivity contribution in [1.82, 2.24) is 10.3 Å². The van der Waals surface area contributed by atoms with Gasteiger partial charge in [0.1, 0.15) is 11.5 Å². The Morgan fingerprint density at radius 2 is 1.83 bits per heavy atom. The zero-order valence-corrected chi connectivity index (χ0v) is 18.6. The Morgan fingerprint density at radius 1 is 1.10 bits per heavy atom. The average Bonchev–Trinajstić information content (AvgIpc) is 3.39. The third-order valence-electron chi connectivity index (χ3n) is 4.23. The summed E-state index contributed by atoms with van der Waals surface area (Å²) in [6.07, 6.45) is 0.889. The largest absolute Gasteiger partial charge is 0.497 e. The lowest BCUT2D eigenvalue weighted by Crippen LogP contribution is -2.17. The van der Waals surface area contributed by atoms with Crippen LogP contribution in [0.25, 0.3) is 10.6 Å². The van der Waals surface area contributed by atoms with E-state index in [2.05, 4.69) is 15.6 Å². The summed E-state index contributed by atoms with van der Waals surface area (Å²) < 4.78 is 10.5. The van der Waals surface area contributed by atoms with E-state index < -0.39 is 0 Å². The number of nitrogens with zero attached hydrogens (tertiary/aromatic N) is 1. The predicted molar refractivity (Wildman–Crippen MR) is 119 cm³/mol. The van der Waals surface area contributed by atoms with Crippen LogP contribution in [-0.4, -0.2) is 31.0 Å². The number of nitrogens with one attached hydrogen (secondary N) is 2. The van der Waals surface area contributed by atoms with Crippen molar-refractivity contribution >= 4 is 39.6 Å². The van der Waals surface area contributed by atoms with E-state index in [0.717, 1.165) is 21.0 Å². The van der Waals surface area contributed by atoms with Crippen LogP contribution in [0.3, 0.4) is 0 Å². The number of aryl methyl sites for hydroxylation is 1. The monoisotopic (exact) mass is 445 g/mol. The molecule has 30 heavy (non-hydrogen) atoms. The van der Waals surface area contributed by atoms with Crippen LogP contribution >= 0.6 is 22.7 Å². The van der Waals surface area contributed by atoms with Crippen LogP contribution in [0.4, 0.5) is 5.13 Å². The van der Waals surface area contributed by atoms with Crippen LogP contribution in [0.15, 0.2) is 35.7 Å². The van der Waals surface area contributed by atoms with Gasteiger partial charge in [-0.15, -0.1) is 22.7 Å². The van der Waals surface area contributed by atoms with Crippen LogP contribution in [0.5, 0.6) is 11.5 Å². The minimum atomic E-state index is -0.102. The molecule has 1 aromatic carbocycles. The van der Waals surface area contributed by atoms with E-state index >= 15 is 0 Å². The van der Waals surface area contributed by atoms with E-state index in [0.29, 0.717) is 36.0 Å². The van der Waals surface area contributed by atoms with Crippen molar-refractivity contribution in [2.24, 2.45) is 0 Å². The van der Waals surface area contributed by atoms with Crippen molar-refractivity contribution in [1.29, 1.82) is 0 Å². The van der Waals surface area contributed by atoms with Gasteiger partial charge in [-0.1, -0.05) is 0 Å². The van der Waals surface area contributed by atoms with Gasteiger partial charge in [0, 0.05) is 29.7 Å². The molecule has 2 amide bonds. The fourth-order valence-corrected chi connectivity index (χ4v) is 4.43. The summed E-state index contributed by atoms with van der Waals surface area (Å²) in [5.41, 5.74) is 1.78. The smallest absolute Gasteiger partial charge is 0.226 e. The normalized spacial score (nSPS) is 10.5. The predicted octanol–water partition coefficient (Wildman–Crippen LogP) is 4.10. The van der Waals surface area contributed by atoms with E-state index in [1.165, 1.54) is 18.3 Å². The van der Waals surface area contributed by atoms with Gasteiger partial charge in [0.05, 0.1) is 31.3 Å². The standard InChI is InChI=1S/C21H23N3O4S2/c1-13(25)22-11-17-5-6-19(30-17)18-12-29-21(23-18)24-20(26)7-4-14-8-15(27-2)10-16(9-14)28-3/h5-6,8-10,12H,4,7,11H2,1-3H3,(H,22,25)(H,23,24,26). The molecule has 3 aromatic rings. The molecule has 0 fully saturated rings. The second-order valence-electron chi connectivity index (χ2n) is 6.48. The Hall–Kier alpha value is -2.91. The quantitative estimate of drug-likeness (QED) is 0.518. The summed E-state index contributed by atoms with van der Waals surface area (Å²) in [7, 11) is 3.20.